The molecule has 1 rings (SSSR count). The Morgan fingerprint density at radius 1 is 0.867 bits per heavy atom. The first-order valence-electron chi connectivity index (χ1n) is 10.4. The van der Waals surface area contributed by atoms with Crippen molar-refractivity contribution < 1.29 is 23.9 Å². The van der Waals surface area contributed by atoms with Crippen molar-refractivity contribution in [2.24, 2.45) is 11.8 Å². The summed E-state index contributed by atoms with van der Waals surface area (Å²) in [5, 5.41) is 5.43. The summed E-state index contributed by atoms with van der Waals surface area (Å²) in [4.78, 5) is 47.6. The maximum absolute atomic E-state index is 12.2. The highest BCUT2D eigenvalue weighted by molar-refractivity contribution is 6.00. The van der Waals surface area contributed by atoms with Gasteiger partial charge in [-0.2, -0.15) is 0 Å². The Morgan fingerprint density at radius 3 is 2.17 bits per heavy atom. The summed E-state index contributed by atoms with van der Waals surface area (Å²) in [6.07, 6.45) is 0.466. The first-order chi connectivity index (χ1) is 14.1. The minimum atomic E-state index is -0.290. The number of carbonyl (C=O) groups is 4. The van der Waals surface area contributed by atoms with E-state index in [-0.39, 0.29) is 48.1 Å². The Labute approximate surface area is 178 Å². The quantitative estimate of drug-likeness (QED) is 0.378. The van der Waals surface area contributed by atoms with Crippen LogP contribution in [0.15, 0.2) is 18.2 Å². The van der Waals surface area contributed by atoms with Crippen LogP contribution in [0.4, 0.5) is 5.69 Å². The molecule has 0 fully saturated rings. The monoisotopic (exact) mass is 418 g/mol. The third-order valence-electron chi connectivity index (χ3n) is 4.45. The van der Waals surface area contributed by atoms with Crippen molar-refractivity contribution in [3.63, 3.8) is 0 Å². The molecule has 0 aromatic heterocycles. The Bertz CT molecular complexity index is 756. The number of amides is 2. The number of nitrogens with one attached hydrogen (secondary N) is 2. The van der Waals surface area contributed by atoms with Crippen LogP contribution in [0.3, 0.4) is 0 Å². The molecule has 0 radical (unpaired) electrons. The van der Waals surface area contributed by atoms with Crippen LogP contribution in [0.5, 0.6) is 0 Å². The van der Waals surface area contributed by atoms with E-state index in [0.29, 0.717) is 37.4 Å². The zero-order chi connectivity index (χ0) is 22.7. The van der Waals surface area contributed by atoms with Crippen molar-refractivity contribution in [2.75, 3.05) is 25.1 Å². The molecule has 1 aromatic rings. The van der Waals surface area contributed by atoms with Gasteiger partial charge in [0.25, 0.3) is 0 Å². The maximum atomic E-state index is 12.2. The van der Waals surface area contributed by atoms with Gasteiger partial charge in [0.05, 0.1) is 13.2 Å². The predicted octanol–water partition coefficient (Wildman–Crippen LogP) is 3.30. The van der Waals surface area contributed by atoms with Crippen molar-refractivity contribution in [3.05, 3.63) is 29.3 Å². The second kappa shape index (κ2) is 12.9. The Hall–Kier alpha value is -2.54. The molecule has 0 aliphatic carbocycles. The van der Waals surface area contributed by atoms with E-state index >= 15 is 0 Å². The van der Waals surface area contributed by atoms with Crippen molar-refractivity contribution in [1.82, 2.24) is 5.32 Å². The molecule has 0 aliphatic heterocycles. The molecule has 0 saturated heterocycles. The molecule has 0 spiro atoms. The van der Waals surface area contributed by atoms with Crippen LogP contribution in [-0.2, 0) is 19.1 Å². The fourth-order valence-corrected chi connectivity index (χ4v) is 2.70. The number of Topliss-reactive ketones (excluding diaryl/α,β-unsaturated/α-hetero) is 2. The van der Waals surface area contributed by atoms with Crippen LogP contribution in [-0.4, -0.2) is 43.1 Å². The van der Waals surface area contributed by atoms with Gasteiger partial charge >= 0.3 is 0 Å². The second-order valence-electron chi connectivity index (χ2n) is 7.99. The topological polar surface area (TPSA) is 102 Å². The molecule has 7 heteroatoms. The highest BCUT2D eigenvalue weighted by atomic mass is 16.5. The molecule has 0 unspecified atom stereocenters. The number of carbonyl (C=O) groups excluding carboxylic acids is 4. The third-order valence-corrected chi connectivity index (χ3v) is 4.45. The van der Waals surface area contributed by atoms with Gasteiger partial charge in [0.15, 0.2) is 5.78 Å². The Kier molecular flexibility index (Phi) is 11.0. The van der Waals surface area contributed by atoms with E-state index in [1.807, 2.05) is 34.6 Å². The number of ketones is 2. The molecule has 7 nitrogen and oxygen atoms in total. The fourth-order valence-electron chi connectivity index (χ4n) is 2.70. The molecule has 0 saturated carbocycles. The van der Waals surface area contributed by atoms with Gasteiger partial charge in [0.1, 0.15) is 5.78 Å². The lowest BCUT2D eigenvalue weighted by molar-refractivity contribution is -0.125. The van der Waals surface area contributed by atoms with E-state index in [1.54, 1.807) is 18.2 Å². The summed E-state index contributed by atoms with van der Waals surface area (Å²) in [5.41, 5.74) is 1.99. The molecule has 0 bridgehead atoms. The molecule has 2 N–H and O–H groups in total. The summed E-state index contributed by atoms with van der Waals surface area (Å²) < 4.78 is 5.33. The minimum Gasteiger partial charge on any atom is -0.379 e. The molecule has 1 aromatic carbocycles. The van der Waals surface area contributed by atoms with Gasteiger partial charge in [0, 0.05) is 48.9 Å². The lowest BCUT2D eigenvalue weighted by Gasteiger charge is -2.10. The number of aryl methyl sites for hydroxylation is 1. The van der Waals surface area contributed by atoms with E-state index in [0.717, 1.165) is 5.56 Å². The van der Waals surface area contributed by atoms with E-state index in [1.165, 1.54) is 0 Å². The van der Waals surface area contributed by atoms with Gasteiger partial charge in [-0.3, -0.25) is 19.2 Å². The van der Waals surface area contributed by atoms with Crippen LogP contribution < -0.4 is 10.6 Å². The van der Waals surface area contributed by atoms with Gasteiger partial charge in [-0.15, -0.1) is 0 Å². The smallest absolute Gasteiger partial charge is 0.224 e. The molecule has 0 atom stereocenters. The maximum Gasteiger partial charge on any atom is 0.224 e. The SMILES string of the molecule is Cc1cc(NC(=O)CCC(=O)NCCOCCC(=O)C(C)C)cc(C(=O)C(C)C)c1. The summed E-state index contributed by atoms with van der Waals surface area (Å²) in [7, 11) is 0. The van der Waals surface area contributed by atoms with Gasteiger partial charge < -0.3 is 15.4 Å². The molecular weight excluding hydrogens is 384 g/mol. The van der Waals surface area contributed by atoms with Crippen LogP contribution in [0.25, 0.3) is 0 Å². The van der Waals surface area contributed by atoms with E-state index in [2.05, 4.69) is 10.6 Å². The van der Waals surface area contributed by atoms with Crippen molar-refractivity contribution >= 4 is 29.1 Å². The Morgan fingerprint density at radius 2 is 1.53 bits per heavy atom. The first-order valence-corrected chi connectivity index (χ1v) is 10.4. The normalized spacial score (nSPS) is 10.9. The average molecular weight is 419 g/mol. The third kappa shape index (κ3) is 9.78. The van der Waals surface area contributed by atoms with E-state index in [9.17, 15) is 19.2 Å². The number of benzene rings is 1. The molecule has 2 amide bonds. The zero-order valence-corrected chi connectivity index (χ0v) is 18.7. The molecule has 0 heterocycles. The number of ether oxygens (including phenoxy) is 1. The molecule has 166 valence electrons. The average Bonchev–Trinajstić information content (AvgIpc) is 2.67. The molecular formula is C23H34N2O5. The van der Waals surface area contributed by atoms with Crippen molar-refractivity contribution in [1.29, 1.82) is 0 Å². The summed E-state index contributed by atoms with van der Waals surface area (Å²) in [6, 6.07) is 5.25. The van der Waals surface area contributed by atoms with Crippen molar-refractivity contribution in [2.45, 2.75) is 53.9 Å². The van der Waals surface area contributed by atoms with Gasteiger partial charge in [-0.1, -0.05) is 27.7 Å². The number of hydrogen-bond acceptors (Lipinski definition) is 5. The van der Waals surface area contributed by atoms with Crippen LogP contribution in [0, 0.1) is 18.8 Å². The first kappa shape index (κ1) is 25.5. The van der Waals surface area contributed by atoms with Crippen LogP contribution in [0.2, 0.25) is 0 Å². The number of rotatable bonds is 13. The van der Waals surface area contributed by atoms with Gasteiger partial charge in [0.2, 0.25) is 11.8 Å². The fraction of sp³-hybridized carbons (Fsp3) is 0.565. The number of anilines is 1. The Balaban J connectivity index is 2.32. The second-order valence-corrected chi connectivity index (χ2v) is 7.99. The highest BCUT2D eigenvalue weighted by Crippen LogP contribution is 2.18. The van der Waals surface area contributed by atoms with E-state index < -0.39 is 0 Å². The van der Waals surface area contributed by atoms with E-state index in [4.69, 9.17) is 4.74 Å². The standard InChI is InChI=1S/C23H34N2O5/c1-15(2)20(26)8-10-30-11-9-24-21(27)6-7-22(28)25-19-13-17(5)12-18(14-19)23(29)16(3)4/h12-16H,6-11H2,1-5H3,(H,24,27)(H,25,28). The molecule has 30 heavy (non-hydrogen) atoms. The largest absolute Gasteiger partial charge is 0.379 e. The predicted molar refractivity (Wildman–Crippen MR) is 117 cm³/mol. The minimum absolute atomic E-state index is 0.00142. The van der Waals surface area contributed by atoms with Crippen LogP contribution >= 0.6 is 0 Å². The van der Waals surface area contributed by atoms with Crippen molar-refractivity contribution in [3.8, 4) is 0 Å². The summed E-state index contributed by atoms with van der Waals surface area (Å²) >= 11 is 0. The summed E-state index contributed by atoms with van der Waals surface area (Å²) in [5.74, 6) is -0.488. The number of hydrogen-bond donors (Lipinski definition) is 2. The lowest BCUT2D eigenvalue weighted by atomic mass is 9.99. The van der Waals surface area contributed by atoms with Crippen LogP contribution in [0.1, 0.15) is 62.9 Å². The lowest BCUT2D eigenvalue weighted by Crippen LogP contribution is -2.28. The van der Waals surface area contributed by atoms with Gasteiger partial charge in [-0.05, 0) is 30.7 Å². The summed E-state index contributed by atoms with van der Waals surface area (Å²) in [6.45, 7) is 10.2. The zero-order valence-electron chi connectivity index (χ0n) is 18.7. The van der Waals surface area contributed by atoms with Gasteiger partial charge in [-0.25, -0.2) is 0 Å². The highest BCUT2D eigenvalue weighted by Gasteiger charge is 2.13. The molecule has 0 aliphatic rings.